The van der Waals surface area contributed by atoms with Crippen molar-refractivity contribution in [1.29, 1.82) is 0 Å². The first-order chi connectivity index (χ1) is 12.8. The van der Waals surface area contributed by atoms with Crippen molar-refractivity contribution >= 4 is 5.96 Å². The van der Waals surface area contributed by atoms with Gasteiger partial charge in [-0.15, -0.1) is 0 Å². The van der Waals surface area contributed by atoms with Crippen LogP contribution in [0, 0.1) is 0 Å². The van der Waals surface area contributed by atoms with Crippen LogP contribution in [0.1, 0.15) is 18.1 Å². The van der Waals surface area contributed by atoms with Crippen molar-refractivity contribution in [1.82, 2.24) is 24.8 Å². The van der Waals surface area contributed by atoms with E-state index < -0.39 is 0 Å². The Morgan fingerprint density at radius 1 is 1.00 bits per heavy atom. The average molecular weight is 350 g/mol. The molecule has 0 aliphatic carbocycles. The molecule has 2 aromatic heterocycles. The van der Waals surface area contributed by atoms with E-state index in [0.717, 1.165) is 32.1 Å². The number of rotatable bonds is 8. The summed E-state index contributed by atoms with van der Waals surface area (Å²) in [5.74, 6) is 0.849. The number of nitrogens with one attached hydrogen (secondary N) is 2. The molecule has 0 saturated carbocycles. The maximum Gasteiger partial charge on any atom is 0.191 e. The molecule has 0 amide bonds. The van der Waals surface area contributed by atoms with Crippen molar-refractivity contribution in [3.63, 3.8) is 0 Å². The number of benzene rings is 1. The van der Waals surface area contributed by atoms with Crippen LogP contribution in [-0.4, -0.2) is 33.2 Å². The van der Waals surface area contributed by atoms with Gasteiger partial charge >= 0.3 is 0 Å². The minimum atomic E-state index is 0.657. The third kappa shape index (κ3) is 5.51. The van der Waals surface area contributed by atoms with Crippen LogP contribution in [0.3, 0.4) is 0 Å². The SMILES string of the molecule is CCNC(=NCc1ccc(Cn2ccnc2)cc1)NCCn1cccc1. The van der Waals surface area contributed by atoms with Crippen LogP contribution >= 0.6 is 0 Å². The van der Waals surface area contributed by atoms with Crippen LogP contribution < -0.4 is 10.6 Å². The van der Waals surface area contributed by atoms with Crippen LogP contribution in [0.4, 0.5) is 0 Å². The summed E-state index contributed by atoms with van der Waals surface area (Å²) in [4.78, 5) is 8.75. The minimum Gasteiger partial charge on any atom is -0.357 e. The molecule has 0 radical (unpaired) electrons. The molecule has 136 valence electrons. The van der Waals surface area contributed by atoms with E-state index in [0.29, 0.717) is 6.54 Å². The Kier molecular flexibility index (Phi) is 6.47. The molecule has 3 aromatic rings. The predicted molar refractivity (Wildman–Crippen MR) is 105 cm³/mol. The highest BCUT2D eigenvalue weighted by Crippen LogP contribution is 2.07. The first-order valence-electron chi connectivity index (χ1n) is 9.00. The molecule has 0 fully saturated rings. The normalized spacial score (nSPS) is 11.5. The number of guanidine groups is 1. The first-order valence-corrected chi connectivity index (χ1v) is 9.00. The monoisotopic (exact) mass is 350 g/mol. The molecular weight excluding hydrogens is 324 g/mol. The number of nitrogens with zero attached hydrogens (tertiary/aromatic N) is 4. The molecule has 0 unspecified atom stereocenters. The number of aliphatic imine (C=N–C) groups is 1. The second-order valence-corrected chi connectivity index (χ2v) is 6.09. The highest BCUT2D eigenvalue weighted by Gasteiger charge is 1.99. The van der Waals surface area contributed by atoms with Crippen molar-refractivity contribution in [3.8, 4) is 0 Å². The van der Waals surface area contributed by atoms with Crippen molar-refractivity contribution in [2.24, 2.45) is 4.99 Å². The number of hydrogen-bond donors (Lipinski definition) is 2. The third-order valence-electron chi connectivity index (χ3n) is 4.04. The van der Waals surface area contributed by atoms with Crippen molar-refractivity contribution in [3.05, 3.63) is 78.6 Å². The fourth-order valence-electron chi connectivity index (χ4n) is 2.68. The quantitative estimate of drug-likeness (QED) is 0.485. The van der Waals surface area contributed by atoms with Crippen molar-refractivity contribution < 1.29 is 0 Å². The standard InChI is InChI=1S/C20H26N6/c1-2-22-20(23-10-14-25-11-3-4-12-25)24-15-18-5-7-19(8-6-18)16-26-13-9-21-17-26/h3-9,11-13,17H,2,10,14-16H2,1H3,(H2,22,23,24). The van der Waals surface area contributed by atoms with E-state index in [1.54, 1.807) is 6.20 Å². The Bertz CT molecular complexity index is 772. The van der Waals surface area contributed by atoms with Gasteiger partial charge in [-0.05, 0) is 30.2 Å². The second kappa shape index (κ2) is 9.46. The summed E-state index contributed by atoms with van der Waals surface area (Å²) < 4.78 is 4.21. The van der Waals surface area contributed by atoms with Gasteiger partial charge in [0.05, 0.1) is 12.9 Å². The zero-order valence-corrected chi connectivity index (χ0v) is 15.2. The lowest BCUT2D eigenvalue weighted by atomic mass is 10.1. The largest absolute Gasteiger partial charge is 0.357 e. The lowest BCUT2D eigenvalue weighted by Crippen LogP contribution is -2.38. The molecule has 1 aromatic carbocycles. The number of imidazole rings is 1. The maximum absolute atomic E-state index is 4.68. The highest BCUT2D eigenvalue weighted by molar-refractivity contribution is 5.79. The van der Waals surface area contributed by atoms with E-state index in [9.17, 15) is 0 Å². The molecule has 0 aliphatic rings. The van der Waals surface area contributed by atoms with Gasteiger partial charge < -0.3 is 19.8 Å². The summed E-state index contributed by atoms with van der Waals surface area (Å²) in [6, 6.07) is 12.7. The van der Waals surface area contributed by atoms with Gasteiger partial charge in [0.15, 0.2) is 5.96 Å². The van der Waals surface area contributed by atoms with E-state index in [2.05, 4.69) is 73.3 Å². The van der Waals surface area contributed by atoms with Gasteiger partial charge in [0.2, 0.25) is 0 Å². The lowest BCUT2D eigenvalue weighted by molar-refractivity contribution is 0.666. The summed E-state index contributed by atoms with van der Waals surface area (Å²) in [5, 5.41) is 6.67. The summed E-state index contributed by atoms with van der Waals surface area (Å²) in [6.07, 6.45) is 9.74. The zero-order chi connectivity index (χ0) is 18.0. The van der Waals surface area contributed by atoms with Crippen LogP contribution in [0.5, 0.6) is 0 Å². The predicted octanol–water partition coefficient (Wildman–Crippen LogP) is 2.49. The van der Waals surface area contributed by atoms with Gasteiger partial charge in [-0.25, -0.2) is 9.98 Å². The van der Waals surface area contributed by atoms with E-state index in [-0.39, 0.29) is 0 Å². The lowest BCUT2D eigenvalue weighted by Gasteiger charge is -2.12. The smallest absolute Gasteiger partial charge is 0.191 e. The fraction of sp³-hybridized carbons (Fsp3) is 0.300. The summed E-state index contributed by atoms with van der Waals surface area (Å²) in [6.45, 7) is 6.18. The second-order valence-electron chi connectivity index (χ2n) is 6.09. The molecule has 3 rings (SSSR count). The van der Waals surface area contributed by atoms with Gasteiger partial charge in [-0.1, -0.05) is 24.3 Å². The molecule has 0 spiro atoms. The first kappa shape index (κ1) is 17.8. The Morgan fingerprint density at radius 2 is 1.77 bits per heavy atom. The molecule has 6 heteroatoms. The van der Waals surface area contributed by atoms with Crippen LogP contribution in [0.2, 0.25) is 0 Å². The van der Waals surface area contributed by atoms with Gasteiger partial charge in [-0.3, -0.25) is 0 Å². The number of aromatic nitrogens is 3. The summed E-state index contributed by atoms with van der Waals surface area (Å²) in [7, 11) is 0. The Hall–Kier alpha value is -3.02. The Labute approximate surface area is 154 Å². The van der Waals surface area contributed by atoms with Gasteiger partial charge in [0.1, 0.15) is 0 Å². The Balaban J connectivity index is 1.51. The van der Waals surface area contributed by atoms with E-state index in [4.69, 9.17) is 0 Å². The molecule has 0 bridgehead atoms. The molecule has 2 N–H and O–H groups in total. The third-order valence-corrected chi connectivity index (χ3v) is 4.04. The van der Waals surface area contributed by atoms with E-state index in [1.165, 1.54) is 11.1 Å². The highest BCUT2D eigenvalue weighted by atomic mass is 15.2. The Morgan fingerprint density at radius 3 is 2.46 bits per heavy atom. The minimum absolute atomic E-state index is 0.657. The summed E-state index contributed by atoms with van der Waals surface area (Å²) >= 11 is 0. The van der Waals surface area contributed by atoms with Crippen LogP contribution in [0.25, 0.3) is 0 Å². The van der Waals surface area contributed by atoms with Crippen molar-refractivity contribution in [2.45, 2.75) is 26.6 Å². The molecule has 0 atom stereocenters. The number of hydrogen-bond acceptors (Lipinski definition) is 2. The molecule has 6 nitrogen and oxygen atoms in total. The zero-order valence-electron chi connectivity index (χ0n) is 15.2. The van der Waals surface area contributed by atoms with Gasteiger partial charge in [-0.2, -0.15) is 0 Å². The molecule has 0 aliphatic heterocycles. The van der Waals surface area contributed by atoms with Crippen LogP contribution in [-0.2, 0) is 19.6 Å². The maximum atomic E-state index is 4.68. The van der Waals surface area contributed by atoms with Gasteiger partial charge in [0.25, 0.3) is 0 Å². The van der Waals surface area contributed by atoms with E-state index >= 15 is 0 Å². The molecular formula is C20H26N6. The fourth-order valence-corrected chi connectivity index (χ4v) is 2.68. The van der Waals surface area contributed by atoms with Gasteiger partial charge in [0, 0.05) is 51.0 Å². The molecule has 0 saturated heterocycles. The molecule has 2 heterocycles. The van der Waals surface area contributed by atoms with Crippen LogP contribution in [0.15, 0.2) is 72.5 Å². The van der Waals surface area contributed by atoms with E-state index in [1.807, 2.05) is 24.7 Å². The topological polar surface area (TPSA) is 59.2 Å². The molecule has 26 heavy (non-hydrogen) atoms. The summed E-state index contributed by atoms with van der Waals surface area (Å²) in [5.41, 5.74) is 2.45. The average Bonchev–Trinajstić information content (AvgIpc) is 3.35. The van der Waals surface area contributed by atoms with Crippen molar-refractivity contribution in [2.75, 3.05) is 13.1 Å².